The Morgan fingerprint density at radius 2 is 1.72 bits per heavy atom. The molecule has 0 spiro atoms. The Balaban J connectivity index is 1.44. The van der Waals surface area contributed by atoms with E-state index in [0.29, 0.717) is 11.5 Å². The minimum atomic E-state index is -0.461. The molecule has 152 valence electrons. The zero-order valence-corrected chi connectivity index (χ0v) is 17.2. The average molecular weight is 413 g/mol. The highest BCUT2D eigenvalue weighted by molar-refractivity contribution is 8.00. The summed E-state index contributed by atoms with van der Waals surface area (Å²) in [6, 6.07) is 13.3. The van der Waals surface area contributed by atoms with Crippen LogP contribution in [-0.4, -0.2) is 36.6 Å². The predicted molar refractivity (Wildman–Crippen MR) is 112 cm³/mol. The van der Waals surface area contributed by atoms with Crippen molar-refractivity contribution in [1.29, 1.82) is 0 Å². The van der Waals surface area contributed by atoms with Gasteiger partial charge >= 0.3 is 0 Å². The summed E-state index contributed by atoms with van der Waals surface area (Å²) in [5.74, 6) is 0.137. The minimum absolute atomic E-state index is 0.0347. The van der Waals surface area contributed by atoms with Crippen LogP contribution in [0.5, 0.6) is 5.75 Å². The lowest BCUT2D eigenvalue weighted by Gasteiger charge is -2.28. The molecule has 2 aromatic rings. The molecule has 2 aromatic carbocycles. The first-order chi connectivity index (χ1) is 14.0. The van der Waals surface area contributed by atoms with Gasteiger partial charge in [0.05, 0.1) is 11.4 Å². The molecule has 0 saturated carbocycles. The molecule has 3 amide bonds. The molecular weight excluding hydrogens is 390 g/mol. The number of aryl methyl sites for hydroxylation is 2. The van der Waals surface area contributed by atoms with Crippen molar-refractivity contribution in [3.8, 4) is 5.75 Å². The summed E-state index contributed by atoms with van der Waals surface area (Å²) in [6.45, 7) is 3.85. The van der Waals surface area contributed by atoms with Crippen LogP contribution in [0.15, 0.2) is 47.4 Å². The summed E-state index contributed by atoms with van der Waals surface area (Å²) in [7, 11) is 0. The number of para-hydroxylation sites is 2. The van der Waals surface area contributed by atoms with Gasteiger partial charge in [0.15, 0.2) is 6.61 Å². The van der Waals surface area contributed by atoms with Gasteiger partial charge in [-0.1, -0.05) is 30.3 Å². The molecule has 0 atom stereocenters. The van der Waals surface area contributed by atoms with Crippen LogP contribution < -0.4 is 20.5 Å². The standard InChI is InChI=1S/C21H23N3O4S/c1-14-6-5-7-15(2)21(14)28-12-19(26)23-22-18(25)10-11-24-16-8-3-4-9-17(16)29-13-20(24)27/h3-9H,10-13H2,1-2H3,(H,22,25)(H,23,26). The summed E-state index contributed by atoms with van der Waals surface area (Å²) in [6.07, 6.45) is 0.0722. The smallest absolute Gasteiger partial charge is 0.276 e. The molecule has 7 nitrogen and oxygen atoms in total. The third kappa shape index (κ3) is 5.29. The summed E-state index contributed by atoms with van der Waals surface area (Å²) in [4.78, 5) is 38.9. The Hall–Kier alpha value is -3.00. The maximum absolute atomic E-state index is 12.2. The van der Waals surface area contributed by atoms with Crippen LogP contribution >= 0.6 is 11.8 Å². The van der Waals surface area contributed by atoms with Gasteiger partial charge in [-0.25, -0.2) is 0 Å². The molecule has 0 aliphatic carbocycles. The number of carbonyl (C=O) groups excluding carboxylic acids is 3. The second-order valence-corrected chi connectivity index (χ2v) is 7.67. The molecule has 2 N–H and O–H groups in total. The molecule has 8 heteroatoms. The molecule has 1 heterocycles. The summed E-state index contributed by atoms with van der Waals surface area (Å²) < 4.78 is 5.55. The highest BCUT2D eigenvalue weighted by Crippen LogP contribution is 2.34. The summed E-state index contributed by atoms with van der Waals surface area (Å²) in [5.41, 5.74) is 7.39. The zero-order chi connectivity index (χ0) is 20.8. The third-order valence-corrected chi connectivity index (χ3v) is 5.52. The van der Waals surface area contributed by atoms with Crippen molar-refractivity contribution < 1.29 is 19.1 Å². The van der Waals surface area contributed by atoms with Gasteiger partial charge in [-0.05, 0) is 37.1 Å². The van der Waals surface area contributed by atoms with Gasteiger partial charge in [0, 0.05) is 17.9 Å². The molecule has 1 aliphatic rings. The van der Waals surface area contributed by atoms with E-state index in [0.717, 1.165) is 21.7 Å². The van der Waals surface area contributed by atoms with E-state index in [1.165, 1.54) is 11.8 Å². The van der Waals surface area contributed by atoms with E-state index >= 15 is 0 Å². The fourth-order valence-electron chi connectivity index (χ4n) is 3.02. The Morgan fingerprint density at radius 3 is 2.48 bits per heavy atom. The van der Waals surface area contributed by atoms with Crippen LogP contribution in [0.3, 0.4) is 0 Å². The van der Waals surface area contributed by atoms with Crippen molar-refractivity contribution >= 4 is 35.2 Å². The SMILES string of the molecule is Cc1cccc(C)c1OCC(=O)NNC(=O)CCN1C(=O)CSc2ccccc21. The number of carbonyl (C=O) groups is 3. The fourth-order valence-corrected chi connectivity index (χ4v) is 3.95. The number of hydrazine groups is 1. The van der Waals surface area contributed by atoms with Gasteiger partial charge in [0.2, 0.25) is 11.8 Å². The highest BCUT2D eigenvalue weighted by Gasteiger charge is 2.24. The van der Waals surface area contributed by atoms with E-state index in [-0.39, 0.29) is 31.4 Å². The molecule has 29 heavy (non-hydrogen) atoms. The maximum Gasteiger partial charge on any atom is 0.276 e. The van der Waals surface area contributed by atoms with Gasteiger partial charge in [0.25, 0.3) is 5.91 Å². The van der Waals surface area contributed by atoms with Crippen LogP contribution in [0, 0.1) is 13.8 Å². The van der Waals surface area contributed by atoms with Crippen molar-refractivity contribution in [2.24, 2.45) is 0 Å². The third-order valence-electron chi connectivity index (χ3n) is 4.47. The van der Waals surface area contributed by atoms with Crippen molar-refractivity contribution in [2.75, 3.05) is 23.8 Å². The van der Waals surface area contributed by atoms with E-state index in [4.69, 9.17) is 4.74 Å². The lowest BCUT2D eigenvalue weighted by Crippen LogP contribution is -2.45. The summed E-state index contributed by atoms with van der Waals surface area (Å²) >= 11 is 1.49. The van der Waals surface area contributed by atoms with Crippen molar-refractivity contribution in [2.45, 2.75) is 25.2 Å². The number of hydrogen-bond acceptors (Lipinski definition) is 5. The molecule has 0 aromatic heterocycles. The highest BCUT2D eigenvalue weighted by atomic mass is 32.2. The van der Waals surface area contributed by atoms with Crippen LogP contribution in [-0.2, 0) is 14.4 Å². The maximum atomic E-state index is 12.2. The number of nitrogens with one attached hydrogen (secondary N) is 2. The first-order valence-electron chi connectivity index (χ1n) is 9.24. The number of thioether (sulfide) groups is 1. The number of hydrogen-bond donors (Lipinski definition) is 2. The number of anilines is 1. The van der Waals surface area contributed by atoms with Gasteiger partial charge in [-0.15, -0.1) is 11.8 Å². The van der Waals surface area contributed by atoms with Crippen molar-refractivity contribution in [3.05, 3.63) is 53.6 Å². The van der Waals surface area contributed by atoms with Crippen molar-refractivity contribution in [3.63, 3.8) is 0 Å². The topological polar surface area (TPSA) is 87.7 Å². The second-order valence-electron chi connectivity index (χ2n) is 6.66. The minimum Gasteiger partial charge on any atom is -0.483 e. The molecule has 0 saturated heterocycles. The predicted octanol–water partition coefficient (Wildman–Crippen LogP) is 2.36. The monoisotopic (exact) mass is 413 g/mol. The van der Waals surface area contributed by atoms with E-state index in [1.807, 2.05) is 56.3 Å². The zero-order valence-electron chi connectivity index (χ0n) is 16.4. The molecule has 3 rings (SSSR count). The number of benzene rings is 2. The van der Waals surface area contributed by atoms with E-state index in [2.05, 4.69) is 10.9 Å². The lowest BCUT2D eigenvalue weighted by molar-refractivity contribution is -0.130. The largest absolute Gasteiger partial charge is 0.483 e. The first-order valence-corrected chi connectivity index (χ1v) is 10.2. The number of ether oxygens (including phenoxy) is 1. The Bertz CT molecular complexity index is 912. The van der Waals surface area contributed by atoms with Crippen LogP contribution in [0.1, 0.15) is 17.5 Å². The molecule has 1 aliphatic heterocycles. The number of nitrogens with zero attached hydrogens (tertiary/aromatic N) is 1. The quantitative estimate of drug-likeness (QED) is 0.710. The lowest BCUT2D eigenvalue weighted by atomic mass is 10.1. The summed E-state index contributed by atoms with van der Waals surface area (Å²) in [5, 5.41) is 0. The molecule has 0 unspecified atom stereocenters. The van der Waals surface area contributed by atoms with E-state index in [9.17, 15) is 14.4 Å². The fraction of sp³-hybridized carbons (Fsp3) is 0.286. The Labute approximate surface area is 173 Å². The van der Waals surface area contributed by atoms with Gasteiger partial charge in [0.1, 0.15) is 5.75 Å². The van der Waals surface area contributed by atoms with Crippen LogP contribution in [0.25, 0.3) is 0 Å². The van der Waals surface area contributed by atoms with E-state index < -0.39 is 5.91 Å². The van der Waals surface area contributed by atoms with Gasteiger partial charge in [-0.3, -0.25) is 25.2 Å². The van der Waals surface area contributed by atoms with Crippen LogP contribution in [0.2, 0.25) is 0 Å². The number of fused-ring (bicyclic) bond motifs is 1. The van der Waals surface area contributed by atoms with Crippen molar-refractivity contribution in [1.82, 2.24) is 10.9 Å². The number of amides is 3. The van der Waals surface area contributed by atoms with Crippen LogP contribution in [0.4, 0.5) is 5.69 Å². The number of rotatable bonds is 6. The average Bonchev–Trinajstić information content (AvgIpc) is 2.71. The first kappa shape index (κ1) is 20.7. The molecule has 0 fully saturated rings. The Morgan fingerprint density at radius 1 is 1.03 bits per heavy atom. The second kappa shape index (κ2) is 9.47. The normalized spacial score (nSPS) is 12.9. The molecular formula is C21H23N3O4S. The van der Waals surface area contributed by atoms with E-state index in [1.54, 1.807) is 4.90 Å². The van der Waals surface area contributed by atoms with Gasteiger partial charge in [-0.2, -0.15) is 0 Å². The van der Waals surface area contributed by atoms with Gasteiger partial charge < -0.3 is 9.64 Å². The molecule has 0 bridgehead atoms. The Kier molecular flexibility index (Phi) is 6.77. The molecule has 0 radical (unpaired) electrons.